The van der Waals surface area contributed by atoms with E-state index in [4.69, 9.17) is 15.7 Å². The SMILES string of the molecule is CN(C)CCN(C)c1nc(NCC2CCC(C(N)=O)CC2)nc2ccccc12. The number of aromatic nitrogens is 2. The predicted molar refractivity (Wildman–Crippen MR) is 114 cm³/mol. The van der Waals surface area contributed by atoms with Gasteiger partial charge in [0.05, 0.1) is 5.52 Å². The molecule has 0 saturated heterocycles. The topological polar surface area (TPSA) is 87.4 Å². The highest BCUT2D eigenvalue weighted by molar-refractivity contribution is 5.90. The van der Waals surface area contributed by atoms with E-state index in [1.54, 1.807) is 0 Å². The first-order valence-corrected chi connectivity index (χ1v) is 10.1. The lowest BCUT2D eigenvalue weighted by Gasteiger charge is -2.27. The van der Waals surface area contributed by atoms with Gasteiger partial charge >= 0.3 is 0 Å². The van der Waals surface area contributed by atoms with E-state index in [0.29, 0.717) is 11.9 Å². The fourth-order valence-electron chi connectivity index (χ4n) is 3.77. The summed E-state index contributed by atoms with van der Waals surface area (Å²) >= 11 is 0. The van der Waals surface area contributed by atoms with Crippen molar-refractivity contribution < 1.29 is 4.79 Å². The molecular weight excluding hydrogens is 352 g/mol. The molecule has 2 aromatic rings. The number of fused-ring (bicyclic) bond motifs is 1. The van der Waals surface area contributed by atoms with Crippen LogP contribution in [0.1, 0.15) is 25.7 Å². The van der Waals surface area contributed by atoms with Gasteiger partial charge in [0.25, 0.3) is 0 Å². The summed E-state index contributed by atoms with van der Waals surface area (Å²) in [4.78, 5) is 25.2. The molecule has 1 fully saturated rings. The quantitative estimate of drug-likeness (QED) is 0.726. The Bertz CT molecular complexity index is 801. The summed E-state index contributed by atoms with van der Waals surface area (Å²) in [5.41, 5.74) is 6.38. The van der Waals surface area contributed by atoms with Crippen molar-refractivity contribution >= 4 is 28.6 Å². The normalized spacial score (nSPS) is 19.7. The van der Waals surface area contributed by atoms with Crippen molar-refractivity contribution in [3.63, 3.8) is 0 Å². The van der Waals surface area contributed by atoms with Crippen LogP contribution in [-0.4, -0.2) is 61.6 Å². The molecule has 0 aliphatic heterocycles. The van der Waals surface area contributed by atoms with Crippen LogP contribution in [0.25, 0.3) is 10.9 Å². The number of hydrogen-bond acceptors (Lipinski definition) is 6. The third-order valence-corrected chi connectivity index (χ3v) is 5.63. The summed E-state index contributed by atoms with van der Waals surface area (Å²) < 4.78 is 0. The summed E-state index contributed by atoms with van der Waals surface area (Å²) in [6, 6.07) is 8.14. The maximum Gasteiger partial charge on any atom is 0.225 e. The number of amides is 1. The first kappa shape index (κ1) is 20.3. The van der Waals surface area contributed by atoms with E-state index < -0.39 is 0 Å². The van der Waals surface area contributed by atoms with E-state index in [-0.39, 0.29) is 11.8 Å². The van der Waals surface area contributed by atoms with Gasteiger partial charge in [-0.25, -0.2) is 4.98 Å². The summed E-state index contributed by atoms with van der Waals surface area (Å²) in [6.07, 6.45) is 3.81. The number of benzene rings is 1. The zero-order chi connectivity index (χ0) is 20.1. The Morgan fingerprint density at radius 1 is 1.11 bits per heavy atom. The highest BCUT2D eigenvalue weighted by atomic mass is 16.1. The van der Waals surface area contributed by atoms with Crippen LogP contribution < -0.4 is 16.0 Å². The van der Waals surface area contributed by atoms with E-state index in [1.807, 2.05) is 18.2 Å². The smallest absolute Gasteiger partial charge is 0.225 e. The third kappa shape index (κ3) is 5.10. The lowest BCUT2D eigenvalue weighted by atomic mass is 9.82. The monoisotopic (exact) mass is 384 g/mol. The van der Waals surface area contributed by atoms with Gasteiger partial charge in [0.15, 0.2) is 0 Å². The second kappa shape index (κ2) is 9.19. The number of carbonyl (C=O) groups is 1. The second-order valence-electron chi connectivity index (χ2n) is 8.11. The number of anilines is 2. The molecule has 0 spiro atoms. The molecule has 1 heterocycles. The van der Waals surface area contributed by atoms with Crippen LogP contribution in [0.5, 0.6) is 0 Å². The molecule has 1 aromatic carbocycles. The molecule has 7 nitrogen and oxygen atoms in total. The van der Waals surface area contributed by atoms with E-state index in [9.17, 15) is 4.79 Å². The minimum atomic E-state index is -0.158. The van der Waals surface area contributed by atoms with Crippen LogP contribution in [0.2, 0.25) is 0 Å². The van der Waals surface area contributed by atoms with Crippen LogP contribution in [0, 0.1) is 11.8 Å². The molecule has 0 unspecified atom stereocenters. The molecule has 3 rings (SSSR count). The maximum absolute atomic E-state index is 11.3. The van der Waals surface area contributed by atoms with Crippen molar-refractivity contribution in [3.05, 3.63) is 24.3 Å². The van der Waals surface area contributed by atoms with Gasteiger partial charge in [-0.2, -0.15) is 4.98 Å². The summed E-state index contributed by atoms with van der Waals surface area (Å²) in [5.74, 6) is 2.04. The van der Waals surface area contributed by atoms with Crippen LogP contribution in [0.15, 0.2) is 24.3 Å². The summed E-state index contributed by atoms with van der Waals surface area (Å²) in [5, 5.41) is 4.50. The number of nitrogens with zero attached hydrogens (tertiary/aromatic N) is 4. The Morgan fingerprint density at radius 3 is 2.50 bits per heavy atom. The lowest BCUT2D eigenvalue weighted by Crippen LogP contribution is -2.30. The highest BCUT2D eigenvalue weighted by Gasteiger charge is 2.24. The minimum Gasteiger partial charge on any atom is -0.369 e. The van der Waals surface area contributed by atoms with E-state index >= 15 is 0 Å². The van der Waals surface area contributed by atoms with E-state index in [0.717, 1.165) is 62.0 Å². The van der Waals surface area contributed by atoms with Crippen molar-refractivity contribution in [2.45, 2.75) is 25.7 Å². The average Bonchev–Trinajstić information content (AvgIpc) is 2.70. The van der Waals surface area contributed by atoms with Crippen molar-refractivity contribution in [2.24, 2.45) is 17.6 Å². The molecule has 1 aliphatic rings. The predicted octanol–water partition coefficient (Wildman–Crippen LogP) is 2.33. The number of primary amides is 1. The van der Waals surface area contributed by atoms with Gasteiger partial charge in [0.1, 0.15) is 5.82 Å². The average molecular weight is 385 g/mol. The molecule has 1 aliphatic carbocycles. The largest absolute Gasteiger partial charge is 0.369 e. The molecular formula is C21H32N6O. The number of rotatable bonds is 8. The number of hydrogen-bond donors (Lipinski definition) is 2. The van der Waals surface area contributed by atoms with Crippen LogP contribution >= 0.6 is 0 Å². The van der Waals surface area contributed by atoms with Crippen molar-refractivity contribution in [1.29, 1.82) is 0 Å². The second-order valence-corrected chi connectivity index (χ2v) is 8.11. The Labute approximate surface area is 167 Å². The molecule has 0 bridgehead atoms. The van der Waals surface area contributed by atoms with Crippen molar-refractivity contribution in [3.8, 4) is 0 Å². The third-order valence-electron chi connectivity index (χ3n) is 5.63. The zero-order valence-corrected chi connectivity index (χ0v) is 17.2. The van der Waals surface area contributed by atoms with Gasteiger partial charge in [0, 0.05) is 38.0 Å². The lowest BCUT2D eigenvalue weighted by molar-refractivity contribution is -0.122. The first-order valence-electron chi connectivity index (χ1n) is 10.1. The summed E-state index contributed by atoms with van der Waals surface area (Å²) in [6.45, 7) is 2.68. The Balaban J connectivity index is 1.70. The van der Waals surface area contributed by atoms with Crippen LogP contribution in [-0.2, 0) is 4.79 Å². The fourth-order valence-corrected chi connectivity index (χ4v) is 3.77. The number of likely N-dealkylation sites (N-methyl/N-ethyl adjacent to an activating group) is 2. The molecule has 7 heteroatoms. The fraction of sp³-hybridized carbons (Fsp3) is 0.571. The number of para-hydroxylation sites is 1. The molecule has 28 heavy (non-hydrogen) atoms. The number of nitrogens with one attached hydrogen (secondary N) is 1. The summed E-state index contributed by atoms with van der Waals surface area (Å²) in [7, 11) is 6.23. The van der Waals surface area contributed by atoms with Crippen LogP contribution in [0.4, 0.5) is 11.8 Å². The van der Waals surface area contributed by atoms with Crippen molar-refractivity contribution in [2.75, 3.05) is 51.0 Å². The maximum atomic E-state index is 11.3. The minimum absolute atomic E-state index is 0.0464. The molecule has 3 N–H and O–H groups in total. The Kier molecular flexibility index (Phi) is 6.67. The number of carbonyl (C=O) groups excluding carboxylic acids is 1. The van der Waals surface area contributed by atoms with Gasteiger partial charge in [-0.05, 0) is 57.8 Å². The Morgan fingerprint density at radius 2 is 1.82 bits per heavy atom. The Hall–Kier alpha value is -2.41. The molecule has 0 atom stereocenters. The van der Waals surface area contributed by atoms with Crippen molar-refractivity contribution in [1.82, 2.24) is 14.9 Å². The zero-order valence-electron chi connectivity index (χ0n) is 17.2. The van der Waals surface area contributed by atoms with Gasteiger partial charge < -0.3 is 20.9 Å². The van der Waals surface area contributed by atoms with Gasteiger partial charge in [-0.3, -0.25) is 4.79 Å². The van der Waals surface area contributed by atoms with E-state index in [1.165, 1.54) is 0 Å². The standard InChI is InChI=1S/C21H32N6O/c1-26(2)12-13-27(3)20-17-6-4-5-7-18(17)24-21(25-20)23-14-15-8-10-16(11-9-15)19(22)28/h4-7,15-16H,8-14H2,1-3H3,(H2,22,28)(H,23,24,25). The van der Waals surface area contributed by atoms with Gasteiger partial charge in [-0.15, -0.1) is 0 Å². The first-order chi connectivity index (χ1) is 13.4. The van der Waals surface area contributed by atoms with E-state index in [2.05, 4.69) is 42.3 Å². The number of nitrogens with two attached hydrogens (primary N) is 1. The van der Waals surface area contributed by atoms with Gasteiger partial charge in [-0.1, -0.05) is 12.1 Å². The molecule has 1 amide bonds. The molecule has 0 radical (unpaired) electrons. The van der Waals surface area contributed by atoms with Crippen LogP contribution in [0.3, 0.4) is 0 Å². The highest BCUT2D eigenvalue weighted by Crippen LogP contribution is 2.29. The van der Waals surface area contributed by atoms with Gasteiger partial charge in [0.2, 0.25) is 11.9 Å². The molecule has 1 aromatic heterocycles. The molecule has 152 valence electrons. The molecule has 1 saturated carbocycles.